The van der Waals surface area contributed by atoms with Gasteiger partial charge in [0.05, 0.1) is 6.26 Å². The molecule has 1 aliphatic carbocycles. The lowest BCUT2D eigenvalue weighted by atomic mass is 10.2. The first-order valence-electron chi connectivity index (χ1n) is 3.60. The number of fused-ring (bicyclic) bond motifs is 1. The van der Waals surface area contributed by atoms with Crippen LogP contribution in [-0.4, -0.2) is 0 Å². The lowest BCUT2D eigenvalue weighted by molar-refractivity contribution is 0.355. The Balaban J connectivity index is 2.42. The van der Waals surface area contributed by atoms with Crippen LogP contribution < -0.4 is 0 Å². The van der Waals surface area contributed by atoms with Crippen molar-refractivity contribution in [1.82, 2.24) is 0 Å². The van der Waals surface area contributed by atoms with Crippen LogP contribution in [0.3, 0.4) is 0 Å². The van der Waals surface area contributed by atoms with Gasteiger partial charge in [0.1, 0.15) is 5.76 Å². The quantitative estimate of drug-likeness (QED) is 0.494. The fourth-order valence-electron chi connectivity index (χ4n) is 1.42. The zero-order chi connectivity index (χ0) is 6.97. The molecule has 0 N–H and O–H groups in total. The second-order valence-corrected chi connectivity index (χ2v) is 2.75. The van der Waals surface area contributed by atoms with Crippen molar-refractivity contribution in [3.8, 4) is 0 Å². The molecule has 0 fully saturated rings. The van der Waals surface area contributed by atoms with Crippen LogP contribution in [0.15, 0.2) is 35.3 Å². The molecule has 0 aromatic carbocycles. The minimum atomic E-state index is 1.11. The van der Waals surface area contributed by atoms with Crippen molar-refractivity contribution in [2.75, 3.05) is 0 Å². The van der Waals surface area contributed by atoms with Gasteiger partial charge in [-0.1, -0.05) is 6.08 Å². The molecule has 0 bridgehead atoms. The van der Waals surface area contributed by atoms with E-state index in [-0.39, 0.29) is 0 Å². The number of allylic oxidation sites excluding steroid dienone is 4. The Kier molecular flexibility index (Phi) is 1.16. The van der Waals surface area contributed by atoms with E-state index in [1.54, 1.807) is 6.26 Å². The third kappa shape index (κ3) is 0.703. The summed E-state index contributed by atoms with van der Waals surface area (Å²) >= 11 is 0. The summed E-state index contributed by atoms with van der Waals surface area (Å²) in [6.45, 7) is 2.13. The van der Waals surface area contributed by atoms with E-state index in [0.29, 0.717) is 0 Å². The Morgan fingerprint density at radius 2 is 2.30 bits per heavy atom. The number of hydrogen-bond donors (Lipinski definition) is 0. The van der Waals surface area contributed by atoms with Gasteiger partial charge in [0.15, 0.2) is 0 Å². The molecule has 1 heteroatoms. The maximum Gasteiger partial charge on any atom is 0.128 e. The minimum absolute atomic E-state index is 1.11. The lowest BCUT2D eigenvalue weighted by Gasteiger charge is -2.07. The molecule has 2 rings (SSSR count). The summed E-state index contributed by atoms with van der Waals surface area (Å²) in [5.74, 6) is 1.11. The van der Waals surface area contributed by atoms with Gasteiger partial charge in [0.2, 0.25) is 0 Å². The molecule has 52 valence electrons. The maximum atomic E-state index is 5.34. The second-order valence-electron chi connectivity index (χ2n) is 2.75. The third-order valence-electron chi connectivity index (χ3n) is 2.01. The third-order valence-corrected chi connectivity index (χ3v) is 2.01. The van der Waals surface area contributed by atoms with Crippen molar-refractivity contribution in [3.63, 3.8) is 0 Å². The van der Waals surface area contributed by atoms with Gasteiger partial charge >= 0.3 is 0 Å². The number of ether oxygens (including phenoxy) is 1. The molecular formula is C9H10O. The van der Waals surface area contributed by atoms with Crippen molar-refractivity contribution in [2.45, 2.75) is 19.8 Å². The van der Waals surface area contributed by atoms with Crippen LogP contribution >= 0.6 is 0 Å². The summed E-state index contributed by atoms with van der Waals surface area (Å²) in [5.41, 5.74) is 2.75. The Morgan fingerprint density at radius 3 is 3.10 bits per heavy atom. The van der Waals surface area contributed by atoms with Crippen LogP contribution in [0.5, 0.6) is 0 Å². The fourth-order valence-corrected chi connectivity index (χ4v) is 1.42. The van der Waals surface area contributed by atoms with E-state index in [1.165, 1.54) is 17.6 Å². The van der Waals surface area contributed by atoms with Crippen LogP contribution in [0.1, 0.15) is 19.8 Å². The van der Waals surface area contributed by atoms with Crippen LogP contribution in [0.4, 0.5) is 0 Å². The second kappa shape index (κ2) is 2.01. The molecule has 0 radical (unpaired) electrons. The zero-order valence-corrected chi connectivity index (χ0v) is 6.05. The molecule has 0 aromatic rings. The van der Waals surface area contributed by atoms with Gasteiger partial charge in [-0.15, -0.1) is 0 Å². The Hall–Kier alpha value is -0.980. The maximum absolute atomic E-state index is 5.34. The van der Waals surface area contributed by atoms with Gasteiger partial charge in [0, 0.05) is 0 Å². The first-order valence-corrected chi connectivity index (χ1v) is 3.60. The zero-order valence-electron chi connectivity index (χ0n) is 6.05. The lowest BCUT2D eigenvalue weighted by Crippen LogP contribution is -1.90. The van der Waals surface area contributed by atoms with Crippen molar-refractivity contribution in [3.05, 3.63) is 35.3 Å². The highest BCUT2D eigenvalue weighted by Crippen LogP contribution is 2.33. The Bertz CT molecular complexity index is 243. The van der Waals surface area contributed by atoms with E-state index in [1.807, 2.05) is 6.08 Å². The summed E-state index contributed by atoms with van der Waals surface area (Å²) < 4.78 is 5.34. The van der Waals surface area contributed by atoms with Gasteiger partial charge in [0.25, 0.3) is 0 Å². The molecule has 0 spiro atoms. The summed E-state index contributed by atoms with van der Waals surface area (Å²) in [6.07, 6.45) is 8.16. The summed E-state index contributed by atoms with van der Waals surface area (Å²) in [4.78, 5) is 0. The monoisotopic (exact) mass is 134 g/mol. The van der Waals surface area contributed by atoms with Crippen LogP contribution in [0.25, 0.3) is 0 Å². The largest absolute Gasteiger partial charge is 0.465 e. The van der Waals surface area contributed by atoms with E-state index in [0.717, 1.165) is 12.2 Å². The predicted octanol–water partition coefficient (Wildman–Crippen LogP) is 2.52. The molecule has 0 unspecified atom stereocenters. The highest BCUT2D eigenvalue weighted by Gasteiger charge is 2.18. The molecule has 1 aliphatic heterocycles. The van der Waals surface area contributed by atoms with Gasteiger partial charge in [-0.25, -0.2) is 0 Å². The topological polar surface area (TPSA) is 9.23 Å². The molecule has 0 saturated carbocycles. The smallest absolute Gasteiger partial charge is 0.128 e. The van der Waals surface area contributed by atoms with Gasteiger partial charge < -0.3 is 4.74 Å². The SMILES string of the molecule is CC1=C2OC=CC=C2CC1. The number of rotatable bonds is 0. The highest BCUT2D eigenvalue weighted by atomic mass is 16.5. The predicted molar refractivity (Wildman–Crippen MR) is 40.2 cm³/mol. The van der Waals surface area contributed by atoms with E-state index < -0.39 is 0 Å². The van der Waals surface area contributed by atoms with Crippen LogP contribution in [0, 0.1) is 0 Å². The molecule has 1 heterocycles. The average molecular weight is 134 g/mol. The number of hydrogen-bond acceptors (Lipinski definition) is 1. The van der Waals surface area contributed by atoms with Crippen molar-refractivity contribution in [2.24, 2.45) is 0 Å². The molecule has 2 aliphatic rings. The van der Waals surface area contributed by atoms with Crippen LogP contribution in [0.2, 0.25) is 0 Å². The average Bonchev–Trinajstić information content (AvgIpc) is 2.34. The van der Waals surface area contributed by atoms with Gasteiger partial charge in [-0.3, -0.25) is 0 Å². The summed E-state index contributed by atoms with van der Waals surface area (Å²) in [7, 11) is 0. The normalized spacial score (nSPS) is 22.3. The van der Waals surface area contributed by atoms with E-state index in [4.69, 9.17) is 4.74 Å². The van der Waals surface area contributed by atoms with Gasteiger partial charge in [-0.05, 0) is 37.0 Å². The summed E-state index contributed by atoms with van der Waals surface area (Å²) in [6, 6.07) is 0. The van der Waals surface area contributed by atoms with Crippen molar-refractivity contribution < 1.29 is 4.74 Å². The standard InChI is InChI=1S/C9H10O/c1-7-4-5-8-3-2-6-10-9(7)8/h2-3,6H,4-5H2,1H3. The summed E-state index contributed by atoms with van der Waals surface area (Å²) in [5, 5.41) is 0. The highest BCUT2D eigenvalue weighted by molar-refractivity contribution is 5.40. The van der Waals surface area contributed by atoms with Crippen molar-refractivity contribution >= 4 is 0 Å². The molecule has 1 nitrogen and oxygen atoms in total. The van der Waals surface area contributed by atoms with Crippen LogP contribution in [-0.2, 0) is 4.74 Å². The first kappa shape index (κ1) is 5.78. The van der Waals surface area contributed by atoms with E-state index >= 15 is 0 Å². The van der Waals surface area contributed by atoms with Crippen molar-refractivity contribution in [1.29, 1.82) is 0 Å². The Labute approximate surface area is 60.7 Å². The minimum Gasteiger partial charge on any atom is -0.465 e. The molecule has 0 atom stereocenters. The molecule has 0 saturated heterocycles. The molecule has 0 amide bonds. The van der Waals surface area contributed by atoms with E-state index in [9.17, 15) is 0 Å². The van der Waals surface area contributed by atoms with Gasteiger partial charge in [-0.2, -0.15) is 0 Å². The molecule has 10 heavy (non-hydrogen) atoms. The Morgan fingerprint density at radius 1 is 1.40 bits per heavy atom. The molecular weight excluding hydrogens is 124 g/mol. The first-order chi connectivity index (χ1) is 4.88. The fraction of sp³-hybridized carbons (Fsp3) is 0.333. The molecule has 0 aromatic heterocycles. The van der Waals surface area contributed by atoms with E-state index in [2.05, 4.69) is 13.0 Å².